The molecule has 0 spiro atoms. The number of anilines is 1. The van der Waals surface area contributed by atoms with Gasteiger partial charge in [0.15, 0.2) is 0 Å². The van der Waals surface area contributed by atoms with Gasteiger partial charge in [-0.3, -0.25) is 0 Å². The first kappa shape index (κ1) is 16.8. The van der Waals surface area contributed by atoms with E-state index in [-0.39, 0.29) is 12.3 Å². The van der Waals surface area contributed by atoms with Crippen LogP contribution in [0.25, 0.3) is 0 Å². The van der Waals surface area contributed by atoms with Crippen LogP contribution in [0.3, 0.4) is 0 Å². The number of amides is 2. The Balaban J connectivity index is 2.76. The minimum absolute atomic E-state index is 0.209. The molecular weight excluding hydrogens is 310 g/mol. The number of carbonyl (C=O) groups is 2. The van der Waals surface area contributed by atoms with Crippen LogP contribution in [0.4, 0.5) is 19.3 Å². The summed E-state index contributed by atoms with van der Waals surface area (Å²) in [4.78, 5) is 22.1. The van der Waals surface area contributed by atoms with Gasteiger partial charge in [0.1, 0.15) is 21.5 Å². The molecule has 0 aliphatic heterocycles. The van der Waals surface area contributed by atoms with E-state index in [9.17, 15) is 26.8 Å². The Morgan fingerprint density at radius 1 is 1.24 bits per heavy atom. The molecule has 0 radical (unpaired) electrons. The number of aromatic carboxylic acids is 1. The molecule has 0 aromatic heterocycles. The Hall–Kier alpha value is -2.23. The second-order valence-corrected chi connectivity index (χ2v) is 6.39. The molecule has 10 heteroatoms. The summed E-state index contributed by atoms with van der Waals surface area (Å²) in [6.07, 6.45) is 0.978. The summed E-state index contributed by atoms with van der Waals surface area (Å²) in [7, 11) is -3.27. The molecule has 1 aromatic carbocycles. The molecule has 21 heavy (non-hydrogen) atoms. The molecule has 0 heterocycles. The third-order valence-electron chi connectivity index (χ3n) is 2.29. The predicted octanol–water partition coefficient (Wildman–Crippen LogP) is 0.829. The van der Waals surface area contributed by atoms with E-state index in [0.717, 1.165) is 6.26 Å². The summed E-state index contributed by atoms with van der Waals surface area (Å²) in [5.74, 6) is -4.36. The van der Waals surface area contributed by atoms with Crippen LogP contribution in [0, 0.1) is 11.6 Å². The molecule has 0 bridgehead atoms. The normalized spacial score (nSPS) is 11.0. The highest BCUT2D eigenvalue weighted by atomic mass is 32.2. The number of sulfone groups is 1. The average Bonchev–Trinajstić information content (AvgIpc) is 2.30. The number of urea groups is 1. The van der Waals surface area contributed by atoms with Crippen LogP contribution in [0.15, 0.2) is 12.1 Å². The molecule has 0 atom stereocenters. The van der Waals surface area contributed by atoms with Crippen LogP contribution in [-0.4, -0.2) is 44.1 Å². The maximum Gasteiger partial charge on any atom is 0.338 e. The summed E-state index contributed by atoms with van der Waals surface area (Å²) in [6.45, 7) is -0.209. The molecule has 0 aliphatic carbocycles. The van der Waals surface area contributed by atoms with E-state index < -0.39 is 44.7 Å². The van der Waals surface area contributed by atoms with Crippen molar-refractivity contribution in [2.45, 2.75) is 0 Å². The zero-order chi connectivity index (χ0) is 16.2. The predicted molar refractivity (Wildman–Crippen MR) is 70.0 cm³/mol. The van der Waals surface area contributed by atoms with Crippen LogP contribution >= 0.6 is 0 Å². The van der Waals surface area contributed by atoms with Gasteiger partial charge in [-0.2, -0.15) is 0 Å². The number of carboxylic acid groups (broad SMARTS) is 1. The number of carboxylic acids is 1. The van der Waals surface area contributed by atoms with Crippen molar-refractivity contribution >= 4 is 27.5 Å². The fraction of sp³-hybridized carbons (Fsp3) is 0.273. The minimum atomic E-state index is -3.27. The van der Waals surface area contributed by atoms with Gasteiger partial charge in [-0.1, -0.05) is 0 Å². The molecule has 116 valence electrons. The van der Waals surface area contributed by atoms with Gasteiger partial charge in [0.2, 0.25) is 0 Å². The van der Waals surface area contributed by atoms with E-state index in [1.54, 1.807) is 0 Å². The van der Waals surface area contributed by atoms with Gasteiger partial charge in [-0.05, 0) is 6.07 Å². The lowest BCUT2D eigenvalue weighted by Crippen LogP contribution is -2.33. The maximum absolute atomic E-state index is 13.4. The first-order chi connectivity index (χ1) is 9.60. The lowest BCUT2D eigenvalue weighted by molar-refractivity contribution is 0.0691. The number of halogens is 2. The van der Waals surface area contributed by atoms with E-state index in [0.29, 0.717) is 12.1 Å². The number of benzene rings is 1. The van der Waals surface area contributed by atoms with Gasteiger partial charge in [0.05, 0.1) is 17.0 Å². The first-order valence-corrected chi connectivity index (χ1v) is 7.61. The van der Waals surface area contributed by atoms with Crippen molar-refractivity contribution in [3.05, 3.63) is 29.3 Å². The summed E-state index contributed by atoms with van der Waals surface area (Å²) < 4.78 is 48.2. The first-order valence-electron chi connectivity index (χ1n) is 5.55. The molecule has 0 unspecified atom stereocenters. The van der Waals surface area contributed by atoms with Crippen LogP contribution in [0.5, 0.6) is 0 Å². The molecule has 7 nitrogen and oxygen atoms in total. The largest absolute Gasteiger partial charge is 0.478 e. The van der Waals surface area contributed by atoms with Crippen molar-refractivity contribution in [3.63, 3.8) is 0 Å². The zero-order valence-corrected chi connectivity index (χ0v) is 11.6. The van der Waals surface area contributed by atoms with Gasteiger partial charge in [0, 0.05) is 18.9 Å². The number of nitrogens with one attached hydrogen (secondary N) is 2. The standard InChI is InChI=1S/C11H12F2N2O5S/c1-21(19,20)3-2-14-11(18)15-9-4-6(10(16)17)7(12)5-8(9)13/h4-5H,2-3H2,1H3,(H,16,17)(H2,14,15,18). The van der Waals surface area contributed by atoms with Gasteiger partial charge >= 0.3 is 12.0 Å². The van der Waals surface area contributed by atoms with E-state index in [1.807, 2.05) is 5.32 Å². The molecule has 0 fully saturated rings. The quantitative estimate of drug-likeness (QED) is 0.743. The number of carbonyl (C=O) groups excluding carboxylic acids is 1. The minimum Gasteiger partial charge on any atom is -0.478 e. The third-order valence-corrected chi connectivity index (χ3v) is 3.24. The molecule has 2 amide bonds. The Bertz CT molecular complexity index is 675. The van der Waals surface area contributed by atoms with Gasteiger partial charge in [0.25, 0.3) is 0 Å². The lowest BCUT2D eigenvalue weighted by Gasteiger charge is -2.09. The van der Waals surface area contributed by atoms with Crippen LogP contribution in [0.1, 0.15) is 10.4 Å². The Kier molecular flexibility index (Phi) is 5.19. The average molecular weight is 322 g/mol. The number of hydrogen-bond donors (Lipinski definition) is 3. The molecule has 0 saturated heterocycles. The Morgan fingerprint density at radius 2 is 1.86 bits per heavy atom. The highest BCUT2D eigenvalue weighted by molar-refractivity contribution is 7.90. The number of rotatable bonds is 5. The lowest BCUT2D eigenvalue weighted by atomic mass is 10.2. The Morgan fingerprint density at radius 3 is 2.38 bits per heavy atom. The van der Waals surface area contributed by atoms with Crippen molar-refractivity contribution in [1.82, 2.24) is 5.32 Å². The van der Waals surface area contributed by atoms with Gasteiger partial charge < -0.3 is 15.7 Å². The van der Waals surface area contributed by atoms with Crippen LogP contribution in [-0.2, 0) is 9.84 Å². The topological polar surface area (TPSA) is 113 Å². The van der Waals surface area contributed by atoms with Crippen LogP contribution in [0.2, 0.25) is 0 Å². The zero-order valence-electron chi connectivity index (χ0n) is 10.8. The molecular formula is C11H12F2N2O5S. The second kappa shape index (κ2) is 6.48. The highest BCUT2D eigenvalue weighted by Gasteiger charge is 2.16. The maximum atomic E-state index is 13.4. The van der Waals surface area contributed by atoms with Crippen molar-refractivity contribution < 1.29 is 31.9 Å². The summed E-state index contributed by atoms with van der Waals surface area (Å²) >= 11 is 0. The van der Waals surface area contributed by atoms with Crippen LogP contribution < -0.4 is 10.6 Å². The van der Waals surface area contributed by atoms with Crippen molar-refractivity contribution in [2.24, 2.45) is 0 Å². The molecule has 0 aliphatic rings. The van der Waals surface area contributed by atoms with E-state index in [1.165, 1.54) is 0 Å². The van der Waals surface area contributed by atoms with Crippen molar-refractivity contribution in [3.8, 4) is 0 Å². The van der Waals surface area contributed by atoms with E-state index in [4.69, 9.17) is 5.11 Å². The SMILES string of the molecule is CS(=O)(=O)CCNC(=O)Nc1cc(C(=O)O)c(F)cc1F. The Labute approximate surface area is 118 Å². The van der Waals surface area contributed by atoms with Gasteiger partial charge in [-0.15, -0.1) is 0 Å². The monoisotopic (exact) mass is 322 g/mol. The summed E-state index contributed by atoms with van der Waals surface area (Å²) in [5.41, 5.74) is -1.34. The number of hydrogen-bond acceptors (Lipinski definition) is 4. The fourth-order valence-corrected chi connectivity index (χ4v) is 1.80. The molecule has 0 saturated carbocycles. The second-order valence-electron chi connectivity index (χ2n) is 4.13. The molecule has 1 aromatic rings. The molecule has 3 N–H and O–H groups in total. The highest BCUT2D eigenvalue weighted by Crippen LogP contribution is 2.19. The molecule has 1 rings (SSSR count). The van der Waals surface area contributed by atoms with Crippen molar-refractivity contribution in [2.75, 3.05) is 23.9 Å². The van der Waals surface area contributed by atoms with E-state index in [2.05, 4.69) is 5.32 Å². The summed E-state index contributed by atoms with van der Waals surface area (Å²) in [6, 6.07) is 0.0131. The van der Waals surface area contributed by atoms with E-state index >= 15 is 0 Å². The third kappa shape index (κ3) is 5.34. The van der Waals surface area contributed by atoms with Crippen molar-refractivity contribution in [1.29, 1.82) is 0 Å². The fourth-order valence-electron chi connectivity index (χ4n) is 1.33. The smallest absolute Gasteiger partial charge is 0.338 e. The summed E-state index contributed by atoms with van der Waals surface area (Å²) in [5, 5.41) is 12.8. The van der Waals surface area contributed by atoms with Gasteiger partial charge in [-0.25, -0.2) is 26.8 Å².